The molecule has 2 amide bonds. The zero-order chi connectivity index (χ0) is 20.4. The molecule has 1 unspecified atom stereocenters. The number of hydrogen-bond acceptors (Lipinski definition) is 7. The van der Waals surface area contributed by atoms with Crippen LogP contribution in [0.3, 0.4) is 0 Å². The lowest BCUT2D eigenvalue weighted by Crippen LogP contribution is -2.42. The number of ether oxygens (including phenoxy) is 2. The Morgan fingerprint density at radius 3 is 2.71 bits per heavy atom. The SMILES string of the molecule is COC(=O)[C@H](CCC(=O)NCC1CC(Br)=NO1)NC(=O)OCc1ccccc1. The summed E-state index contributed by atoms with van der Waals surface area (Å²) in [6.07, 6.45) is -0.306. The summed E-state index contributed by atoms with van der Waals surface area (Å²) in [5.41, 5.74) is 0.816. The van der Waals surface area contributed by atoms with Crippen LogP contribution in [0.2, 0.25) is 0 Å². The van der Waals surface area contributed by atoms with E-state index in [-0.39, 0.29) is 31.5 Å². The van der Waals surface area contributed by atoms with Gasteiger partial charge in [0.2, 0.25) is 5.91 Å². The van der Waals surface area contributed by atoms with Gasteiger partial charge in [-0.25, -0.2) is 9.59 Å². The Balaban J connectivity index is 1.73. The highest BCUT2D eigenvalue weighted by molar-refractivity contribution is 9.18. The van der Waals surface area contributed by atoms with Gasteiger partial charge >= 0.3 is 12.1 Å². The lowest BCUT2D eigenvalue weighted by atomic mass is 10.1. The maximum atomic E-state index is 12.0. The minimum Gasteiger partial charge on any atom is -0.467 e. The molecule has 0 saturated heterocycles. The molecule has 0 spiro atoms. The van der Waals surface area contributed by atoms with E-state index in [9.17, 15) is 14.4 Å². The number of hydrogen-bond donors (Lipinski definition) is 2. The zero-order valence-corrected chi connectivity index (χ0v) is 16.9. The second kappa shape index (κ2) is 11.3. The number of amides is 2. The van der Waals surface area contributed by atoms with Crippen molar-refractivity contribution in [3.05, 3.63) is 35.9 Å². The number of nitrogens with one attached hydrogen (secondary N) is 2. The van der Waals surface area contributed by atoms with Gasteiger partial charge in [0.1, 0.15) is 17.3 Å². The van der Waals surface area contributed by atoms with Crippen LogP contribution >= 0.6 is 15.9 Å². The zero-order valence-electron chi connectivity index (χ0n) is 15.4. The number of methoxy groups -OCH3 is 1. The van der Waals surface area contributed by atoms with Crippen molar-refractivity contribution in [1.29, 1.82) is 0 Å². The smallest absolute Gasteiger partial charge is 0.408 e. The first kappa shape index (κ1) is 21.7. The molecule has 10 heteroatoms. The topological polar surface area (TPSA) is 115 Å². The van der Waals surface area contributed by atoms with E-state index in [0.717, 1.165) is 5.56 Å². The molecule has 152 valence electrons. The lowest BCUT2D eigenvalue weighted by Gasteiger charge is -2.16. The summed E-state index contributed by atoms with van der Waals surface area (Å²) in [5, 5.41) is 8.87. The Morgan fingerprint density at radius 2 is 2.07 bits per heavy atom. The number of halogens is 1. The first-order chi connectivity index (χ1) is 13.5. The quantitative estimate of drug-likeness (QED) is 0.548. The van der Waals surface area contributed by atoms with Crippen molar-refractivity contribution in [2.75, 3.05) is 13.7 Å². The van der Waals surface area contributed by atoms with Crippen LogP contribution in [0.5, 0.6) is 0 Å². The molecule has 28 heavy (non-hydrogen) atoms. The summed E-state index contributed by atoms with van der Waals surface area (Å²) >= 11 is 3.22. The first-order valence-electron chi connectivity index (χ1n) is 8.68. The summed E-state index contributed by atoms with van der Waals surface area (Å²) in [5.74, 6) is -0.930. The van der Waals surface area contributed by atoms with E-state index in [1.54, 1.807) is 0 Å². The average molecular weight is 456 g/mol. The normalized spacial score (nSPS) is 16.4. The van der Waals surface area contributed by atoms with E-state index < -0.39 is 18.1 Å². The van der Waals surface area contributed by atoms with Gasteiger partial charge in [0.25, 0.3) is 0 Å². The van der Waals surface area contributed by atoms with E-state index >= 15 is 0 Å². The molecular formula is C18H22BrN3O6. The Hall–Kier alpha value is -2.62. The fourth-order valence-electron chi connectivity index (χ4n) is 2.39. The van der Waals surface area contributed by atoms with Crippen LogP contribution in [-0.2, 0) is 30.5 Å². The van der Waals surface area contributed by atoms with Gasteiger partial charge in [0.05, 0.1) is 13.7 Å². The van der Waals surface area contributed by atoms with Crippen LogP contribution < -0.4 is 10.6 Å². The lowest BCUT2D eigenvalue weighted by molar-refractivity contribution is -0.143. The molecule has 0 fully saturated rings. The molecule has 2 rings (SSSR count). The Bertz CT molecular complexity index is 713. The van der Waals surface area contributed by atoms with Crippen molar-refractivity contribution >= 4 is 38.5 Å². The Morgan fingerprint density at radius 1 is 1.32 bits per heavy atom. The summed E-state index contributed by atoms with van der Waals surface area (Å²) in [6.45, 7) is 0.368. The van der Waals surface area contributed by atoms with Gasteiger partial charge in [-0.15, -0.1) is 0 Å². The van der Waals surface area contributed by atoms with Crippen LogP contribution in [-0.4, -0.2) is 48.4 Å². The Kier molecular flexibility index (Phi) is 8.73. The van der Waals surface area contributed by atoms with Crippen LogP contribution in [0.25, 0.3) is 0 Å². The summed E-state index contributed by atoms with van der Waals surface area (Å²) in [4.78, 5) is 40.9. The van der Waals surface area contributed by atoms with E-state index in [0.29, 0.717) is 17.6 Å². The maximum Gasteiger partial charge on any atom is 0.408 e. The number of oxime groups is 1. The van der Waals surface area contributed by atoms with Crippen molar-refractivity contribution in [2.24, 2.45) is 5.16 Å². The standard InChI is InChI=1S/C18H22BrN3O6/c1-26-17(24)14(21-18(25)27-11-12-5-3-2-4-6-12)7-8-16(23)20-10-13-9-15(19)22-28-13/h2-6,13-14H,7-11H2,1H3,(H,20,23)(H,21,25)/t13?,14-/m0/s1. The van der Waals surface area contributed by atoms with Crippen LogP contribution in [0, 0.1) is 0 Å². The number of nitrogens with zero attached hydrogens (tertiary/aromatic N) is 1. The highest BCUT2D eigenvalue weighted by atomic mass is 79.9. The van der Waals surface area contributed by atoms with Gasteiger partial charge in [-0.3, -0.25) is 4.79 Å². The summed E-state index contributed by atoms with van der Waals surface area (Å²) in [7, 11) is 1.21. The number of benzene rings is 1. The largest absolute Gasteiger partial charge is 0.467 e. The number of carbonyl (C=O) groups excluding carboxylic acids is 3. The molecule has 1 heterocycles. The third-order valence-corrected chi connectivity index (χ3v) is 4.34. The monoisotopic (exact) mass is 455 g/mol. The molecule has 2 atom stereocenters. The van der Waals surface area contributed by atoms with Crippen LogP contribution in [0.4, 0.5) is 4.79 Å². The molecule has 0 aromatic heterocycles. The predicted molar refractivity (Wildman–Crippen MR) is 104 cm³/mol. The van der Waals surface area contributed by atoms with Crippen molar-refractivity contribution in [3.8, 4) is 0 Å². The molecule has 2 N–H and O–H groups in total. The molecule has 1 aliphatic rings. The van der Waals surface area contributed by atoms with E-state index in [1.165, 1.54) is 7.11 Å². The van der Waals surface area contributed by atoms with Gasteiger partial charge < -0.3 is 24.9 Å². The number of rotatable bonds is 9. The van der Waals surface area contributed by atoms with Gasteiger partial charge in [-0.1, -0.05) is 35.5 Å². The molecule has 1 aromatic carbocycles. The number of alkyl carbamates (subject to hydrolysis) is 1. The Labute approximate surface area is 170 Å². The fraction of sp³-hybridized carbons (Fsp3) is 0.444. The van der Waals surface area contributed by atoms with Crippen molar-refractivity contribution in [1.82, 2.24) is 10.6 Å². The minimum absolute atomic E-state index is 0.0213. The van der Waals surface area contributed by atoms with E-state index in [2.05, 4.69) is 36.5 Å². The highest BCUT2D eigenvalue weighted by Gasteiger charge is 2.24. The van der Waals surface area contributed by atoms with Gasteiger partial charge in [-0.05, 0) is 27.9 Å². The second-order valence-corrected chi connectivity index (χ2v) is 6.94. The molecule has 1 aromatic rings. The molecule has 0 aliphatic carbocycles. The number of carbonyl (C=O) groups is 3. The van der Waals surface area contributed by atoms with Crippen molar-refractivity contribution in [3.63, 3.8) is 0 Å². The van der Waals surface area contributed by atoms with Crippen LogP contribution in [0.15, 0.2) is 35.5 Å². The van der Waals surface area contributed by atoms with Gasteiger partial charge in [0.15, 0.2) is 6.10 Å². The van der Waals surface area contributed by atoms with Gasteiger partial charge in [-0.2, -0.15) is 0 Å². The predicted octanol–water partition coefficient (Wildman–Crippen LogP) is 1.85. The highest BCUT2D eigenvalue weighted by Crippen LogP contribution is 2.13. The molecule has 0 radical (unpaired) electrons. The maximum absolute atomic E-state index is 12.0. The third kappa shape index (κ3) is 7.55. The third-order valence-electron chi connectivity index (χ3n) is 3.87. The average Bonchev–Trinajstić information content (AvgIpc) is 3.13. The van der Waals surface area contributed by atoms with Crippen molar-refractivity contribution in [2.45, 2.75) is 38.0 Å². The molecule has 0 saturated carbocycles. The molecular weight excluding hydrogens is 434 g/mol. The number of esters is 1. The van der Waals surface area contributed by atoms with Crippen molar-refractivity contribution < 1.29 is 28.7 Å². The minimum atomic E-state index is -0.987. The van der Waals surface area contributed by atoms with E-state index in [4.69, 9.17) is 9.57 Å². The summed E-state index contributed by atoms with van der Waals surface area (Å²) in [6, 6.07) is 8.15. The fourth-order valence-corrected chi connectivity index (χ4v) is 2.84. The molecule has 0 bridgehead atoms. The summed E-state index contributed by atoms with van der Waals surface area (Å²) < 4.78 is 10.5. The van der Waals surface area contributed by atoms with E-state index in [1.807, 2.05) is 30.3 Å². The molecule has 1 aliphatic heterocycles. The molecule has 9 nitrogen and oxygen atoms in total. The second-order valence-electron chi connectivity index (χ2n) is 6.02. The first-order valence-corrected chi connectivity index (χ1v) is 9.47. The van der Waals surface area contributed by atoms with Crippen LogP contribution in [0.1, 0.15) is 24.8 Å². The van der Waals surface area contributed by atoms with Gasteiger partial charge in [0, 0.05) is 12.8 Å².